The van der Waals surface area contributed by atoms with E-state index < -0.39 is 43.9 Å². The fourth-order valence-corrected chi connectivity index (χ4v) is 6.88. The molecule has 2 aliphatic carbocycles. The molecule has 1 aromatic heterocycles. The van der Waals surface area contributed by atoms with Crippen LogP contribution in [0.25, 0.3) is 11.1 Å². The van der Waals surface area contributed by atoms with E-state index in [1.165, 1.54) is 34.9 Å². The molecule has 11 heteroatoms. The maximum atomic E-state index is 13.9. The largest absolute Gasteiger partial charge is 0.493 e. The molecule has 2 aliphatic rings. The van der Waals surface area contributed by atoms with Crippen molar-refractivity contribution in [3.8, 4) is 23.1 Å². The van der Waals surface area contributed by atoms with Gasteiger partial charge in [0.15, 0.2) is 4.90 Å². The van der Waals surface area contributed by atoms with Gasteiger partial charge in [-0.15, -0.1) is 0 Å². The first kappa shape index (κ1) is 28.3. The van der Waals surface area contributed by atoms with Crippen molar-refractivity contribution < 1.29 is 22.7 Å². The zero-order valence-corrected chi connectivity index (χ0v) is 23.7. The highest BCUT2D eigenvalue weighted by Crippen LogP contribution is 2.47. The summed E-state index contributed by atoms with van der Waals surface area (Å²) in [5.74, 6) is -1.52. The summed E-state index contributed by atoms with van der Waals surface area (Å²) in [4.78, 5) is 28.3. The number of amides is 1. The van der Waals surface area contributed by atoms with Gasteiger partial charge in [-0.2, -0.15) is 10.2 Å². The summed E-state index contributed by atoms with van der Waals surface area (Å²) < 4.78 is 43.0. The number of nitriles is 1. The number of benzene rings is 3. The minimum absolute atomic E-state index is 0.0621. The van der Waals surface area contributed by atoms with E-state index in [1.807, 2.05) is 6.07 Å². The Kier molecular flexibility index (Phi) is 7.10. The molecule has 2 fully saturated rings. The lowest BCUT2D eigenvalue weighted by Gasteiger charge is -2.26. The number of nitrogens with two attached hydrogens (primary N) is 1. The van der Waals surface area contributed by atoms with Gasteiger partial charge in [0, 0.05) is 12.0 Å². The Balaban J connectivity index is 1.47. The van der Waals surface area contributed by atoms with Crippen molar-refractivity contribution in [2.24, 2.45) is 17.6 Å². The molecule has 0 unspecified atom stereocenters. The Morgan fingerprint density at radius 1 is 1.09 bits per heavy atom. The van der Waals surface area contributed by atoms with Gasteiger partial charge in [-0.25, -0.2) is 12.8 Å². The number of hydrogen-bond donors (Lipinski definition) is 2. The van der Waals surface area contributed by atoms with Crippen LogP contribution in [-0.4, -0.2) is 29.0 Å². The normalized spacial score (nSPS) is 15.5. The number of halogens is 1. The highest BCUT2D eigenvalue weighted by atomic mass is 32.2. The molecular formula is C32H27FN4O5S. The highest BCUT2D eigenvalue weighted by molar-refractivity contribution is 7.91. The Hall–Kier alpha value is -4.82. The monoisotopic (exact) mass is 598 g/mol. The van der Waals surface area contributed by atoms with Crippen molar-refractivity contribution in [3.63, 3.8) is 0 Å². The van der Waals surface area contributed by atoms with Crippen LogP contribution in [-0.2, 0) is 16.3 Å². The quantitative estimate of drug-likeness (QED) is 0.287. The molecule has 0 spiro atoms. The van der Waals surface area contributed by atoms with Crippen molar-refractivity contribution in [2.75, 3.05) is 0 Å². The molecule has 3 N–H and O–H groups in total. The molecular weight excluding hydrogens is 571 g/mol. The van der Waals surface area contributed by atoms with Crippen LogP contribution in [0.1, 0.15) is 59.0 Å². The van der Waals surface area contributed by atoms with Crippen LogP contribution in [0.3, 0.4) is 0 Å². The molecule has 4 aromatic rings. The van der Waals surface area contributed by atoms with Crippen LogP contribution in [0.15, 0.2) is 81.3 Å². The standard InChI is InChI=1S/C32H27FN4O5S/c33-23-10-13-25(26(16-23)30(35)38)20-8-11-24(12-9-20)43(41,42)29-31(39)36-27(15-18-4-5-18)37(32(29)40)28(21-6-7-21)22-3-1-2-19(14-22)17-34/h1-3,8-14,16,18,21,28,40H,4-7,15H2,(H2,35,38)/t28-/m0/s1. The smallest absolute Gasteiger partial charge is 0.296 e. The fourth-order valence-electron chi connectivity index (χ4n) is 5.54. The number of primary amides is 1. The van der Waals surface area contributed by atoms with E-state index in [0.29, 0.717) is 28.9 Å². The van der Waals surface area contributed by atoms with E-state index in [-0.39, 0.29) is 22.3 Å². The SMILES string of the molecule is N#Cc1cccc([C@H](C2CC2)n2c(CC3CC3)nc(=O)c(S(=O)(=O)c3ccc(-c4ccc(F)cc4C(N)=O)cc3)c2O)c1. The van der Waals surface area contributed by atoms with Gasteiger partial charge >= 0.3 is 0 Å². The average molecular weight is 599 g/mol. The summed E-state index contributed by atoms with van der Waals surface area (Å²) in [6, 6.07) is 17.4. The molecule has 2 saturated carbocycles. The summed E-state index contributed by atoms with van der Waals surface area (Å²) in [6.45, 7) is 0. The molecule has 9 nitrogen and oxygen atoms in total. The number of aromatic nitrogens is 2. The summed E-state index contributed by atoms with van der Waals surface area (Å²) in [5.41, 5.74) is 6.14. The van der Waals surface area contributed by atoms with Crippen LogP contribution in [0, 0.1) is 29.0 Å². The van der Waals surface area contributed by atoms with Crippen molar-refractivity contribution in [1.29, 1.82) is 5.26 Å². The van der Waals surface area contributed by atoms with Gasteiger partial charge in [0.1, 0.15) is 11.6 Å². The average Bonchev–Trinajstić information content (AvgIpc) is 3.91. The van der Waals surface area contributed by atoms with Gasteiger partial charge < -0.3 is 10.8 Å². The Morgan fingerprint density at radius 2 is 1.81 bits per heavy atom. The summed E-state index contributed by atoms with van der Waals surface area (Å²) in [7, 11) is -4.57. The summed E-state index contributed by atoms with van der Waals surface area (Å²) >= 11 is 0. The van der Waals surface area contributed by atoms with Crippen LogP contribution in [0.2, 0.25) is 0 Å². The third-order valence-corrected chi connectivity index (χ3v) is 9.79. The van der Waals surface area contributed by atoms with Crippen LogP contribution < -0.4 is 11.3 Å². The topological polar surface area (TPSA) is 156 Å². The second-order valence-corrected chi connectivity index (χ2v) is 13.0. The predicted molar refractivity (Wildman–Crippen MR) is 154 cm³/mol. The van der Waals surface area contributed by atoms with Crippen LogP contribution >= 0.6 is 0 Å². The van der Waals surface area contributed by atoms with Crippen molar-refractivity contribution >= 4 is 15.7 Å². The second-order valence-electron chi connectivity index (χ2n) is 11.1. The molecule has 0 saturated heterocycles. The van der Waals surface area contributed by atoms with Crippen molar-refractivity contribution in [3.05, 3.63) is 105 Å². The second kappa shape index (κ2) is 10.8. The fraction of sp³-hybridized carbons (Fsp3) is 0.250. The minimum atomic E-state index is -4.57. The van der Waals surface area contributed by atoms with E-state index in [1.54, 1.807) is 18.2 Å². The number of sulfone groups is 1. The first-order chi connectivity index (χ1) is 20.6. The maximum Gasteiger partial charge on any atom is 0.296 e. The lowest BCUT2D eigenvalue weighted by Crippen LogP contribution is -2.28. The van der Waals surface area contributed by atoms with Gasteiger partial charge in [-0.3, -0.25) is 14.2 Å². The first-order valence-electron chi connectivity index (χ1n) is 13.9. The zero-order valence-electron chi connectivity index (χ0n) is 22.9. The summed E-state index contributed by atoms with van der Waals surface area (Å²) in [5, 5.41) is 21.1. The Labute approximate surface area is 247 Å². The van der Waals surface area contributed by atoms with Gasteiger partial charge in [0.25, 0.3) is 5.56 Å². The van der Waals surface area contributed by atoms with Gasteiger partial charge in [-0.1, -0.05) is 30.3 Å². The zero-order chi connectivity index (χ0) is 30.5. The lowest BCUT2D eigenvalue weighted by atomic mass is 9.99. The highest BCUT2D eigenvalue weighted by Gasteiger charge is 2.40. The van der Waals surface area contributed by atoms with Crippen molar-refractivity contribution in [2.45, 2.75) is 47.9 Å². The molecule has 1 atom stereocenters. The number of rotatable bonds is 9. The lowest BCUT2D eigenvalue weighted by molar-refractivity contribution is 0.100. The van der Waals surface area contributed by atoms with Gasteiger partial charge in [-0.05, 0) is 90.6 Å². The molecule has 218 valence electrons. The molecule has 0 bridgehead atoms. The molecule has 6 rings (SSSR count). The number of aromatic hydroxyl groups is 1. The van der Waals surface area contributed by atoms with Crippen LogP contribution in [0.5, 0.6) is 5.88 Å². The van der Waals surface area contributed by atoms with E-state index in [4.69, 9.17) is 5.73 Å². The van der Waals surface area contributed by atoms with Gasteiger partial charge in [0.2, 0.25) is 21.6 Å². The molecule has 3 aromatic carbocycles. The van der Waals surface area contributed by atoms with Crippen LogP contribution in [0.4, 0.5) is 4.39 Å². The van der Waals surface area contributed by atoms with E-state index in [2.05, 4.69) is 11.1 Å². The molecule has 43 heavy (non-hydrogen) atoms. The summed E-state index contributed by atoms with van der Waals surface area (Å²) in [6.07, 6.45) is 3.98. The third kappa shape index (κ3) is 5.42. The predicted octanol–water partition coefficient (Wildman–Crippen LogP) is 4.51. The molecule has 1 heterocycles. The maximum absolute atomic E-state index is 13.9. The van der Waals surface area contributed by atoms with Gasteiger partial charge in [0.05, 0.1) is 22.6 Å². The third-order valence-electron chi connectivity index (χ3n) is 8.00. The number of hydrogen-bond acceptors (Lipinski definition) is 7. The minimum Gasteiger partial charge on any atom is -0.493 e. The Morgan fingerprint density at radius 3 is 2.44 bits per heavy atom. The number of nitrogens with zero attached hydrogens (tertiary/aromatic N) is 3. The molecule has 0 radical (unpaired) electrons. The van der Waals surface area contributed by atoms with E-state index >= 15 is 0 Å². The number of carbonyl (C=O) groups excluding carboxylic acids is 1. The molecule has 1 amide bonds. The first-order valence-corrected chi connectivity index (χ1v) is 15.4. The van der Waals surface area contributed by atoms with E-state index in [9.17, 15) is 32.8 Å². The Bertz CT molecular complexity index is 1970. The molecule has 0 aliphatic heterocycles. The van der Waals surface area contributed by atoms with E-state index in [0.717, 1.165) is 43.4 Å². The van der Waals surface area contributed by atoms with Crippen molar-refractivity contribution in [1.82, 2.24) is 9.55 Å². The number of carbonyl (C=O) groups is 1.